The molecule has 5 rings (SSSR count). The van der Waals surface area contributed by atoms with Crippen LogP contribution in [0.2, 0.25) is 0 Å². The van der Waals surface area contributed by atoms with Gasteiger partial charge in [-0.05, 0) is 34.9 Å². The van der Waals surface area contributed by atoms with E-state index in [-0.39, 0.29) is 48.4 Å². The smallest absolute Gasteiger partial charge is 0.271 e. The van der Waals surface area contributed by atoms with E-state index in [1.807, 2.05) is 24.3 Å². The third kappa shape index (κ3) is 4.97. The first-order valence-electron chi connectivity index (χ1n) is 12.6. The minimum atomic E-state index is -3.18. The fourth-order valence-corrected chi connectivity index (χ4v) is 6.23. The number of amides is 4. The molecule has 1 fully saturated rings. The standard InChI is InChI=1S/C28H28N4O7S/c1-17(27(35)30-10-13-40(37,38)14-11-30)29-26(34)18(2)32-16-23-21(5-4-6-22(23)28(32)36)20-7-8-24-25(15-20)39-12-9-31(24)19(3)33/h4-8,15H,1-2,9-14,16H2,3H3,(H,29,34). The second-order valence-electron chi connectivity index (χ2n) is 9.75. The van der Waals surface area contributed by atoms with Crippen LogP contribution in [-0.4, -0.2) is 79.6 Å². The Hall–Kier alpha value is -4.45. The zero-order valence-electron chi connectivity index (χ0n) is 21.9. The van der Waals surface area contributed by atoms with Crippen LogP contribution >= 0.6 is 0 Å². The topological polar surface area (TPSA) is 133 Å². The first-order valence-corrected chi connectivity index (χ1v) is 14.5. The Morgan fingerprint density at radius 2 is 1.68 bits per heavy atom. The van der Waals surface area contributed by atoms with Gasteiger partial charge < -0.3 is 19.9 Å². The summed E-state index contributed by atoms with van der Waals surface area (Å²) in [5.41, 5.74) is 2.96. The molecule has 2 aromatic rings. The van der Waals surface area contributed by atoms with Crippen molar-refractivity contribution in [1.29, 1.82) is 0 Å². The SMILES string of the molecule is C=C(NC(=O)C(=C)N1Cc2c(cccc2-c2ccc3c(c2)OCCN3C(C)=O)C1=O)C(=O)N1CCS(=O)(=O)CC1. The Kier molecular flexibility index (Phi) is 6.96. The van der Waals surface area contributed by atoms with Gasteiger partial charge in [0.25, 0.3) is 17.7 Å². The summed E-state index contributed by atoms with van der Waals surface area (Å²) >= 11 is 0. The number of hydrogen-bond donors (Lipinski definition) is 1. The molecule has 4 amide bonds. The quantitative estimate of drug-likeness (QED) is 0.544. The lowest BCUT2D eigenvalue weighted by Gasteiger charge is -2.29. The molecule has 11 nitrogen and oxygen atoms in total. The molecule has 0 bridgehead atoms. The highest BCUT2D eigenvalue weighted by atomic mass is 32.2. The molecular formula is C28H28N4O7S. The summed E-state index contributed by atoms with van der Waals surface area (Å²) in [6.07, 6.45) is 0. The summed E-state index contributed by atoms with van der Waals surface area (Å²) in [5.74, 6) is -1.58. The van der Waals surface area contributed by atoms with Crippen LogP contribution in [0, 0.1) is 0 Å². The zero-order valence-corrected chi connectivity index (χ0v) is 22.8. The lowest BCUT2D eigenvalue weighted by Crippen LogP contribution is -2.47. The van der Waals surface area contributed by atoms with Gasteiger partial charge in [0, 0.05) is 25.6 Å². The molecule has 0 atom stereocenters. The molecule has 2 aromatic carbocycles. The Bertz CT molecular complexity index is 1580. The van der Waals surface area contributed by atoms with E-state index >= 15 is 0 Å². The Morgan fingerprint density at radius 1 is 0.975 bits per heavy atom. The monoisotopic (exact) mass is 564 g/mol. The van der Waals surface area contributed by atoms with Gasteiger partial charge in [-0.2, -0.15) is 0 Å². The molecule has 3 heterocycles. The second-order valence-corrected chi connectivity index (χ2v) is 12.1. The van der Waals surface area contributed by atoms with Gasteiger partial charge in [0.05, 0.1) is 36.0 Å². The van der Waals surface area contributed by atoms with E-state index < -0.39 is 27.6 Å². The average Bonchev–Trinajstić information content (AvgIpc) is 3.27. The largest absolute Gasteiger partial charge is 0.490 e. The molecule has 0 saturated carbocycles. The summed E-state index contributed by atoms with van der Waals surface area (Å²) in [6, 6.07) is 10.8. The van der Waals surface area contributed by atoms with Crippen LogP contribution in [0.4, 0.5) is 5.69 Å². The van der Waals surface area contributed by atoms with Crippen LogP contribution in [0.5, 0.6) is 5.75 Å². The van der Waals surface area contributed by atoms with E-state index in [1.54, 1.807) is 17.0 Å². The Balaban J connectivity index is 1.31. The van der Waals surface area contributed by atoms with E-state index in [2.05, 4.69) is 18.5 Å². The van der Waals surface area contributed by atoms with Crippen molar-refractivity contribution < 1.29 is 32.3 Å². The molecule has 12 heteroatoms. The third-order valence-electron chi connectivity index (χ3n) is 7.22. The number of fused-ring (bicyclic) bond motifs is 2. The lowest BCUT2D eigenvalue weighted by atomic mass is 9.96. The molecular weight excluding hydrogens is 536 g/mol. The summed E-state index contributed by atoms with van der Waals surface area (Å²) in [7, 11) is -3.18. The van der Waals surface area contributed by atoms with E-state index in [9.17, 15) is 27.6 Å². The minimum Gasteiger partial charge on any atom is -0.490 e. The fraction of sp³-hybridized carbons (Fsp3) is 0.286. The number of carbonyl (C=O) groups excluding carboxylic acids is 4. The van der Waals surface area contributed by atoms with Gasteiger partial charge in [-0.1, -0.05) is 31.4 Å². The number of sulfone groups is 1. The lowest BCUT2D eigenvalue weighted by molar-refractivity contribution is -0.129. The highest BCUT2D eigenvalue weighted by Gasteiger charge is 2.34. The molecule has 0 unspecified atom stereocenters. The van der Waals surface area contributed by atoms with Gasteiger partial charge in [0.2, 0.25) is 5.91 Å². The van der Waals surface area contributed by atoms with Crippen molar-refractivity contribution in [3.63, 3.8) is 0 Å². The van der Waals surface area contributed by atoms with E-state index in [0.29, 0.717) is 35.7 Å². The number of benzene rings is 2. The van der Waals surface area contributed by atoms with Crippen molar-refractivity contribution in [2.45, 2.75) is 13.5 Å². The molecule has 0 aliphatic carbocycles. The van der Waals surface area contributed by atoms with Gasteiger partial charge in [-0.15, -0.1) is 0 Å². The first kappa shape index (κ1) is 27.1. The summed E-state index contributed by atoms with van der Waals surface area (Å²) < 4.78 is 29.1. The van der Waals surface area contributed by atoms with E-state index in [1.165, 1.54) is 16.7 Å². The molecule has 3 aliphatic heterocycles. The van der Waals surface area contributed by atoms with Gasteiger partial charge >= 0.3 is 0 Å². The van der Waals surface area contributed by atoms with Gasteiger partial charge in [-0.3, -0.25) is 24.1 Å². The van der Waals surface area contributed by atoms with Crippen molar-refractivity contribution in [2.24, 2.45) is 0 Å². The van der Waals surface area contributed by atoms with Gasteiger partial charge in [0.1, 0.15) is 18.1 Å². The predicted octanol–water partition coefficient (Wildman–Crippen LogP) is 1.46. The second kappa shape index (κ2) is 10.3. The van der Waals surface area contributed by atoms with Crippen LogP contribution in [0.3, 0.4) is 0 Å². The molecule has 3 aliphatic rings. The minimum absolute atomic E-state index is 0.0141. The Labute approximate surface area is 231 Å². The zero-order chi connectivity index (χ0) is 28.8. The molecule has 1 N–H and O–H groups in total. The van der Waals surface area contributed by atoms with Crippen molar-refractivity contribution in [1.82, 2.24) is 15.1 Å². The number of rotatable bonds is 5. The molecule has 40 heavy (non-hydrogen) atoms. The summed E-state index contributed by atoms with van der Waals surface area (Å²) in [6.45, 7) is 9.86. The van der Waals surface area contributed by atoms with E-state index in [4.69, 9.17) is 4.74 Å². The van der Waals surface area contributed by atoms with Crippen molar-refractivity contribution in [3.05, 3.63) is 72.1 Å². The van der Waals surface area contributed by atoms with E-state index in [0.717, 1.165) is 11.1 Å². The maximum atomic E-state index is 13.3. The number of ether oxygens (including phenoxy) is 1. The first-order chi connectivity index (χ1) is 19.0. The summed E-state index contributed by atoms with van der Waals surface area (Å²) in [4.78, 5) is 55.1. The number of hydrogen-bond acceptors (Lipinski definition) is 7. The fourth-order valence-electron chi connectivity index (χ4n) is 5.03. The maximum absolute atomic E-state index is 13.3. The normalized spacial score (nSPS) is 17.4. The number of anilines is 1. The highest BCUT2D eigenvalue weighted by molar-refractivity contribution is 7.91. The molecule has 0 aromatic heterocycles. The van der Waals surface area contributed by atoms with Crippen LogP contribution in [-0.2, 0) is 30.8 Å². The van der Waals surface area contributed by atoms with Crippen molar-refractivity contribution >= 4 is 39.2 Å². The third-order valence-corrected chi connectivity index (χ3v) is 8.83. The van der Waals surface area contributed by atoms with Crippen LogP contribution < -0.4 is 15.0 Å². The van der Waals surface area contributed by atoms with Crippen molar-refractivity contribution in [2.75, 3.05) is 42.6 Å². The maximum Gasteiger partial charge on any atom is 0.271 e. The molecule has 0 spiro atoms. The van der Waals surface area contributed by atoms with Crippen LogP contribution in [0.15, 0.2) is 61.0 Å². The molecule has 208 valence electrons. The number of carbonyl (C=O) groups is 4. The van der Waals surface area contributed by atoms with Gasteiger partial charge in [0.15, 0.2) is 9.84 Å². The highest BCUT2D eigenvalue weighted by Crippen LogP contribution is 2.39. The van der Waals surface area contributed by atoms with Crippen molar-refractivity contribution in [3.8, 4) is 16.9 Å². The number of nitrogens with zero attached hydrogens (tertiary/aromatic N) is 3. The summed E-state index contributed by atoms with van der Waals surface area (Å²) in [5, 5.41) is 2.40. The van der Waals surface area contributed by atoms with Gasteiger partial charge in [-0.25, -0.2) is 8.42 Å². The predicted molar refractivity (Wildman–Crippen MR) is 147 cm³/mol. The number of nitrogens with one attached hydrogen (secondary N) is 1. The molecule has 0 radical (unpaired) electrons. The van der Waals surface area contributed by atoms with Crippen LogP contribution in [0.1, 0.15) is 22.8 Å². The Morgan fingerprint density at radius 3 is 2.38 bits per heavy atom. The van der Waals surface area contributed by atoms with Crippen LogP contribution in [0.25, 0.3) is 11.1 Å². The average molecular weight is 565 g/mol. The molecule has 1 saturated heterocycles.